The lowest BCUT2D eigenvalue weighted by atomic mass is 9.75. The van der Waals surface area contributed by atoms with Gasteiger partial charge < -0.3 is 5.32 Å². The zero-order chi connectivity index (χ0) is 13.2. The minimum Gasteiger partial charge on any atom is -0.314 e. The van der Waals surface area contributed by atoms with E-state index in [0.29, 0.717) is 6.04 Å². The highest BCUT2D eigenvalue weighted by Gasteiger charge is 2.34. The fraction of sp³-hybridized carbons (Fsp3) is 0.625. The number of rotatable bonds is 3. The molecule has 0 radical (unpaired) electrons. The van der Waals surface area contributed by atoms with Crippen LogP contribution < -0.4 is 5.32 Å². The van der Waals surface area contributed by atoms with Crippen LogP contribution in [0.3, 0.4) is 0 Å². The minimum atomic E-state index is -0.0584. The molecule has 2 fully saturated rings. The first-order valence-corrected chi connectivity index (χ1v) is 7.47. The molecule has 0 aromatic heterocycles. The van der Waals surface area contributed by atoms with Gasteiger partial charge in [-0.1, -0.05) is 18.6 Å². The van der Waals surface area contributed by atoms with Crippen molar-refractivity contribution in [2.24, 2.45) is 5.92 Å². The third kappa shape index (κ3) is 3.89. The Morgan fingerprint density at radius 3 is 2.43 bits per heavy atom. The number of hydrogen-bond donors (Lipinski definition) is 1. The maximum Gasteiger partial charge on any atom is 0.126 e. The fourth-order valence-corrected chi connectivity index (χ4v) is 3.41. The Kier molecular flexibility index (Phi) is 7.41. The molecular formula is C16H25Cl2FN2. The van der Waals surface area contributed by atoms with Crippen molar-refractivity contribution in [1.82, 2.24) is 10.2 Å². The first kappa shape index (κ1) is 18.7. The van der Waals surface area contributed by atoms with Crippen LogP contribution in [-0.4, -0.2) is 31.1 Å². The number of piperazine rings is 1. The molecule has 1 saturated carbocycles. The zero-order valence-electron chi connectivity index (χ0n) is 12.5. The van der Waals surface area contributed by atoms with E-state index in [2.05, 4.69) is 16.3 Å². The molecule has 3 rings (SSSR count). The van der Waals surface area contributed by atoms with E-state index < -0.39 is 0 Å². The van der Waals surface area contributed by atoms with E-state index >= 15 is 0 Å². The summed E-state index contributed by atoms with van der Waals surface area (Å²) in [6.07, 6.45) is 3.93. The molecule has 1 aliphatic heterocycles. The molecule has 1 saturated heterocycles. The summed E-state index contributed by atoms with van der Waals surface area (Å²) < 4.78 is 13.9. The summed E-state index contributed by atoms with van der Waals surface area (Å²) in [7, 11) is 0. The number of halogens is 3. The molecule has 1 aromatic rings. The summed E-state index contributed by atoms with van der Waals surface area (Å²) in [5.41, 5.74) is 2.06. The molecule has 0 amide bonds. The van der Waals surface area contributed by atoms with Gasteiger partial charge in [-0.3, -0.25) is 4.90 Å². The summed E-state index contributed by atoms with van der Waals surface area (Å²) in [6, 6.07) is 6.00. The smallest absolute Gasteiger partial charge is 0.126 e. The molecule has 2 nitrogen and oxygen atoms in total. The maximum atomic E-state index is 13.9. The topological polar surface area (TPSA) is 15.3 Å². The first-order valence-electron chi connectivity index (χ1n) is 7.47. The largest absolute Gasteiger partial charge is 0.314 e. The second-order valence-electron chi connectivity index (χ2n) is 5.88. The second kappa shape index (κ2) is 8.33. The lowest BCUT2D eigenvalue weighted by molar-refractivity contribution is 0.0830. The van der Waals surface area contributed by atoms with Crippen molar-refractivity contribution in [3.8, 4) is 0 Å². The molecule has 1 heterocycles. The van der Waals surface area contributed by atoms with E-state index in [1.165, 1.54) is 24.8 Å². The molecule has 0 spiro atoms. The Hall–Kier alpha value is -0.350. The molecular weight excluding hydrogens is 310 g/mol. The van der Waals surface area contributed by atoms with Crippen LogP contribution in [0.5, 0.6) is 0 Å². The summed E-state index contributed by atoms with van der Waals surface area (Å²) in [5, 5.41) is 3.41. The van der Waals surface area contributed by atoms with Gasteiger partial charge in [0.1, 0.15) is 5.82 Å². The molecule has 0 unspecified atom stereocenters. The quantitative estimate of drug-likeness (QED) is 0.906. The summed E-state index contributed by atoms with van der Waals surface area (Å²) >= 11 is 0. The van der Waals surface area contributed by atoms with Crippen molar-refractivity contribution in [1.29, 1.82) is 0 Å². The molecule has 2 aliphatic rings. The highest BCUT2D eigenvalue weighted by molar-refractivity contribution is 5.85. The predicted octanol–water partition coefficient (Wildman–Crippen LogP) is 3.72. The third-order valence-corrected chi connectivity index (χ3v) is 4.77. The Labute approximate surface area is 139 Å². The highest BCUT2D eigenvalue weighted by atomic mass is 35.5. The minimum absolute atomic E-state index is 0. The Morgan fingerprint density at radius 2 is 1.86 bits per heavy atom. The molecule has 5 heteroatoms. The Balaban J connectivity index is 0.00000110. The van der Waals surface area contributed by atoms with Crippen LogP contribution in [0, 0.1) is 18.7 Å². The van der Waals surface area contributed by atoms with Gasteiger partial charge in [0, 0.05) is 32.2 Å². The molecule has 120 valence electrons. The Morgan fingerprint density at radius 1 is 1.19 bits per heavy atom. The summed E-state index contributed by atoms with van der Waals surface area (Å²) in [6.45, 7) is 6.20. The Bertz CT molecular complexity index is 446. The summed E-state index contributed by atoms with van der Waals surface area (Å²) in [4.78, 5) is 2.56. The van der Waals surface area contributed by atoms with Crippen LogP contribution >= 0.6 is 24.8 Å². The van der Waals surface area contributed by atoms with E-state index in [-0.39, 0.29) is 30.6 Å². The number of nitrogens with one attached hydrogen (secondary N) is 1. The van der Waals surface area contributed by atoms with Gasteiger partial charge in [-0.25, -0.2) is 4.39 Å². The average Bonchev–Trinajstić information content (AvgIpc) is 2.38. The fourth-order valence-electron chi connectivity index (χ4n) is 3.41. The van der Waals surface area contributed by atoms with Gasteiger partial charge in [-0.2, -0.15) is 0 Å². The number of benzene rings is 1. The van der Waals surface area contributed by atoms with Gasteiger partial charge in [0.15, 0.2) is 0 Å². The van der Waals surface area contributed by atoms with Crippen molar-refractivity contribution in [3.63, 3.8) is 0 Å². The third-order valence-electron chi connectivity index (χ3n) is 4.77. The van der Waals surface area contributed by atoms with Crippen LogP contribution in [0.4, 0.5) is 4.39 Å². The van der Waals surface area contributed by atoms with E-state index in [9.17, 15) is 4.39 Å². The maximum absolute atomic E-state index is 13.9. The zero-order valence-corrected chi connectivity index (χ0v) is 14.1. The summed E-state index contributed by atoms with van der Waals surface area (Å²) in [5.74, 6) is 0.663. The molecule has 1 aromatic carbocycles. The van der Waals surface area contributed by atoms with Crippen LogP contribution in [0.15, 0.2) is 18.2 Å². The number of nitrogens with zero attached hydrogens (tertiary/aromatic N) is 1. The van der Waals surface area contributed by atoms with Crippen LogP contribution in [0.2, 0.25) is 0 Å². The van der Waals surface area contributed by atoms with Crippen LogP contribution in [0.1, 0.15) is 36.4 Å². The lowest BCUT2D eigenvalue weighted by Crippen LogP contribution is -2.48. The average molecular weight is 335 g/mol. The van der Waals surface area contributed by atoms with E-state index in [1.54, 1.807) is 6.07 Å². The van der Waals surface area contributed by atoms with Gasteiger partial charge >= 0.3 is 0 Å². The van der Waals surface area contributed by atoms with E-state index in [1.807, 2.05) is 13.0 Å². The highest BCUT2D eigenvalue weighted by Crippen LogP contribution is 2.42. The van der Waals surface area contributed by atoms with Crippen molar-refractivity contribution in [2.45, 2.75) is 32.2 Å². The van der Waals surface area contributed by atoms with Crippen molar-refractivity contribution >= 4 is 24.8 Å². The van der Waals surface area contributed by atoms with Crippen molar-refractivity contribution in [2.75, 3.05) is 26.2 Å². The SMILES string of the molecule is Cc1c(F)cccc1[C@H](C1CCC1)N1CCNCC1.Cl.Cl. The second-order valence-corrected chi connectivity index (χ2v) is 5.88. The molecule has 0 bridgehead atoms. The van der Waals surface area contributed by atoms with Gasteiger partial charge in [0.25, 0.3) is 0 Å². The first-order chi connectivity index (χ1) is 9.27. The molecule has 1 atom stereocenters. The predicted molar refractivity (Wildman–Crippen MR) is 90.2 cm³/mol. The van der Waals surface area contributed by atoms with Crippen molar-refractivity contribution in [3.05, 3.63) is 35.1 Å². The van der Waals surface area contributed by atoms with Crippen molar-refractivity contribution < 1.29 is 4.39 Å². The molecule has 21 heavy (non-hydrogen) atoms. The van der Waals surface area contributed by atoms with Gasteiger partial charge in [-0.15, -0.1) is 24.8 Å². The van der Waals surface area contributed by atoms with Gasteiger partial charge in [-0.05, 0) is 42.9 Å². The lowest BCUT2D eigenvalue weighted by Gasteiger charge is -2.43. The van der Waals surface area contributed by atoms with Gasteiger partial charge in [0.05, 0.1) is 0 Å². The van der Waals surface area contributed by atoms with E-state index in [0.717, 1.165) is 37.7 Å². The molecule has 1 N–H and O–H groups in total. The standard InChI is InChI=1S/C16H23FN2.2ClH/c1-12-14(6-3-7-15(12)17)16(13-4-2-5-13)19-10-8-18-9-11-19;;/h3,6-7,13,16,18H,2,4-5,8-11H2,1H3;2*1H/t16-;;/m0../s1. The normalized spacial score (nSPS) is 20.9. The van der Waals surface area contributed by atoms with Gasteiger partial charge in [0.2, 0.25) is 0 Å². The van der Waals surface area contributed by atoms with Crippen LogP contribution in [-0.2, 0) is 0 Å². The molecule has 1 aliphatic carbocycles. The monoisotopic (exact) mass is 334 g/mol. The van der Waals surface area contributed by atoms with Crippen LogP contribution in [0.25, 0.3) is 0 Å². The van der Waals surface area contributed by atoms with E-state index in [4.69, 9.17) is 0 Å². The number of hydrogen-bond acceptors (Lipinski definition) is 2.